The predicted molar refractivity (Wildman–Crippen MR) is 57.6 cm³/mol. The Labute approximate surface area is 84.0 Å². The highest BCUT2D eigenvalue weighted by Gasteiger charge is 2.08. The van der Waals surface area contributed by atoms with Crippen LogP contribution in [0.25, 0.3) is 0 Å². The van der Waals surface area contributed by atoms with E-state index in [2.05, 4.69) is 5.10 Å². The topological polar surface area (TPSA) is 32.7 Å². The first-order chi connectivity index (χ1) is 6.61. The second kappa shape index (κ2) is 4.56. The zero-order valence-corrected chi connectivity index (χ0v) is 8.69. The molecule has 1 rings (SSSR count). The molecule has 0 radical (unpaired) electrons. The molecule has 74 valence electrons. The van der Waals surface area contributed by atoms with Crippen LogP contribution in [0.2, 0.25) is 0 Å². The average Bonchev–Trinajstić information content (AvgIpc) is 2.17. The van der Waals surface area contributed by atoms with E-state index >= 15 is 0 Å². The summed E-state index contributed by atoms with van der Waals surface area (Å²) in [6.07, 6.45) is 0. The maximum atomic E-state index is 11.7. The normalized spacial score (nSPS) is 11.2. The predicted octanol–water partition coefficient (Wildman–Crippen LogP) is 1.81. The zero-order chi connectivity index (χ0) is 10.6. The Hall–Kier alpha value is -1.64. The van der Waals surface area contributed by atoms with Crippen LogP contribution < -0.4 is 0 Å². The molecule has 0 aromatic heterocycles. The van der Waals surface area contributed by atoms with Gasteiger partial charge in [-0.05, 0) is 6.92 Å². The van der Waals surface area contributed by atoms with Crippen LogP contribution >= 0.6 is 0 Å². The second-order valence-electron chi connectivity index (χ2n) is 3.23. The molecule has 0 atom stereocenters. The molecular formula is C11H14N2O. The van der Waals surface area contributed by atoms with Crippen LogP contribution in [0, 0.1) is 0 Å². The van der Waals surface area contributed by atoms with Crippen LogP contribution in [0.15, 0.2) is 35.4 Å². The van der Waals surface area contributed by atoms with Gasteiger partial charge in [0.05, 0.1) is 0 Å². The van der Waals surface area contributed by atoms with Crippen molar-refractivity contribution >= 4 is 11.5 Å². The van der Waals surface area contributed by atoms with Gasteiger partial charge >= 0.3 is 0 Å². The average molecular weight is 190 g/mol. The minimum absolute atomic E-state index is 0.0284. The van der Waals surface area contributed by atoms with E-state index in [1.54, 1.807) is 38.2 Å². The largest absolute Gasteiger partial charge is 0.303 e. The third kappa shape index (κ3) is 2.69. The molecule has 0 aliphatic carbocycles. The standard InChI is InChI=1S/C11H14N2O/c1-9(12-13(2)3)11(14)10-7-5-4-6-8-10/h4-8H,1-3H3/b12-9+. The molecule has 0 N–H and O–H groups in total. The van der Waals surface area contributed by atoms with Crippen molar-refractivity contribution in [2.75, 3.05) is 14.1 Å². The van der Waals surface area contributed by atoms with E-state index < -0.39 is 0 Å². The van der Waals surface area contributed by atoms with Gasteiger partial charge in [0, 0.05) is 19.7 Å². The van der Waals surface area contributed by atoms with Crippen LogP contribution in [0.5, 0.6) is 0 Å². The first kappa shape index (κ1) is 10.4. The Morgan fingerprint density at radius 1 is 1.21 bits per heavy atom. The highest BCUT2D eigenvalue weighted by atomic mass is 16.1. The third-order valence-corrected chi connectivity index (χ3v) is 1.71. The van der Waals surface area contributed by atoms with Crippen LogP contribution in [-0.4, -0.2) is 30.6 Å². The summed E-state index contributed by atoms with van der Waals surface area (Å²) in [5.41, 5.74) is 1.18. The first-order valence-corrected chi connectivity index (χ1v) is 4.43. The van der Waals surface area contributed by atoms with Crippen molar-refractivity contribution in [2.24, 2.45) is 5.10 Å². The third-order valence-electron chi connectivity index (χ3n) is 1.71. The van der Waals surface area contributed by atoms with E-state index in [-0.39, 0.29) is 5.78 Å². The van der Waals surface area contributed by atoms with Gasteiger partial charge in [0.15, 0.2) is 0 Å². The molecule has 0 amide bonds. The number of ketones is 1. The molecule has 0 spiro atoms. The SMILES string of the molecule is C/C(=N\N(C)C)C(=O)c1ccccc1. The van der Waals surface area contributed by atoms with E-state index in [0.717, 1.165) is 0 Å². The molecular weight excluding hydrogens is 176 g/mol. The van der Waals surface area contributed by atoms with E-state index in [1.165, 1.54) is 0 Å². The van der Waals surface area contributed by atoms with Gasteiger partial charge in [0.2, 0.25) is 5.78 Å². The van der Waals surface area contributed by atoms with Crippen molar-refractivity contribution in [1.82, 2.24) is 5.01 Å². The lowest BCUT2D eigenvalue weighted by molar-refractivity contribution is 0.106. The molecule has 3 nitrogen and oxygen atoms in total. The number of hydrazone groups is 1. The summed E-state index contributed by atoms with van der Waals surface area (Å²) in [7, 11) is 3.59. The van der Waals surface area contributed by atoms with Gasteiger partial charge < -0.3 is 5.01 Å². The van der Waals surface area contributed by atoms with Gasteiger partial charge in [-0.2, -0.15) is 5.10 Å². The molecule has 0 saturated heterocycles. The van der Waals surface area contributed by atoms with Gasteiger partial charge in [0.1, 0.15) is 5.71 Å². The number of carbonyl (C=O) groups excluding carboxylic acids is 1. The maximum absolute atomic E-state index is 11.7. The van der Waals surface area contributed by atoms with Gasteiger partial charge in [-0.1, -0.05) is 30.3 Å². The number of benzene rings is 1. The smallest absolute Gasteiger partial charge is 0.208 e. The minimum atomic E-state index is -0.0284. The van der Waals surface area contributed by atoms with Crippen molar-refractivity contribution in [3.63, 3.8) is 0 Å². The quantitative estimate of drug-likeness (QED) is 0.413. The summed E-state index contributed by atoms with van der Waals surface area (Å²) in [6, 6.07) is 9.15. The number of hydrogen-bond acceptors (Lipinski definition) is 3. The monoisotopic (exact) mass is 190 g/mol. The zero-order valence-electron chi connectivity index (χ0n) is 8.69. The molecule has 0 fully saturated rings. The van der Waals surface area contributed by atoms with E-state index in [4.69, 9.17) is 0 Å². The lowest BCUT2D eigenvalue weighted by Gasteiger charge is -2.06. The van der Waals surface area contributed by atoms with Crippen molar-refractivity contribution in [2.45, 2.75) is 6.92 Å². The number of carbonyl (C=O) groups is 1. The fourth-order valence-corrected chi connectivity index (χ4v) is 1.14. The summed E-state index contributed by atoms with van der Waals surface area (Å²) >= 11 is 0. The Balaban J connectivity index is 2.87. The summed E-state index contributed by atoms with van der Waals surface area (Å²) < 4.78 is 0. The molecule has 0 unspecified atom stereocenters. The summed E-state index contributed by atoms with van der Waals surface area (Å²) in [5.74, 6) is -0.0284. The lowest BCUT2D eigenvalue weighted by Crippen LogP contribution is -2.15. The van der Waals surface area contributed by atoms with E-state index in [1.807, 2.05) is 18.2 Å². The molecule has 0 aliphatic heterocycles. The summed E-state index contributed by atoms with van der Waals surface area (Å²) in [6.45, 7) is 1.72. The molecule has 14 heavy (non-hydrogen) atoms. The van der Waals surface area contributed by atoms with E-state index in [0.29, 0.717) is 11.3 Å². The highest BCUT2D eigenvalue weighted by Crippen LogP contribution is 2.01. The molecule has 1 aromatic carbocycles. The highest BCUT2D eigenvalue weighted by molar-refractivity contribution is 6.45. The van der Waals surface area contributed by atoms with Crippen molar-refractivity contribution in [1.29, 1.82) is 0 Å². The van der Waals surface area contributed by atoms with Crippen LogP contribution in [0.4, 0.5) is 0 Å². The Morgan fingerprint density at radius 3 is 2.29 bits per heavy atom. The number of nitrogens with zero attached hydrogens (tertiary/aromatic N) is 2. The molecule has 3 heteroatoms. The maximum Gasteiger partial charge on any atom is 0.208 e. The summed E-state index contributed by atoms with van der Waals surface area (Å²) in [5, 5.41) is 5.68. The molecule has 0 saturated carbocycles. The van der Waals surface area contributed by atoms with Gasteiger partial charge in [-0.25, -0.2) is 0 Å². The second-order valence-corrected chi connectivity index (χ2v) is 3.23. The van der Waals surface area contributed by atoms with Crippen LogP contribution in [0.3, 0.4) is 0 Å². The lowest BCUT2D eigenvalue weighted by atomic mass is 10.1. The van der Waals surface area contributed by atoms with Crippen molar-refractivity contribution in [3.8, 4) is 0 Å². The Bertz CT molecular complexity index is 342. The molecule has 0 heterocycles. The van der Waals surface area contributed by atoms with Gasteiger partial charge in [0.25, 0.3) is 0 Å². The fraction of sp³-hybridized carbons (Fsp3) is 0.273. The van der Waals surface area contributed by atoms with Crippen molar-refractivity contribution < 1.29 is 4.79 Å². The number of hydrogen-bond donors (Lipinski definition) is 0. The van der Waals surface area contributed by atoms with Crippen LogP contribution in [0.1, 0.15) is 17.3 Å². The minimum Gasteiger partial charge on any atom is -0.303 e. The van der Waals surface area contributed by atoms with Gasteiger partial charge in [-0.3, -0.25) is 4.79 Å². The Kier molecular flexibility index (Phi) is 3.40. The number of rotatable bonds is 3. The van der Waals surface area contributed by atoms with Crippen LogP contribution in [-0.2, 0) is 0 Å². The fourth-order valence-electron chi connectivity index (χ4n) is 1.14. The van der Waals surface area contributed by atoms with Crippen molar-refractivity contribution in [3.05, 3.63) is 35.9 Å². The first-order valence-electron chi connectivity index (χ1n) is 4.43. The molecule has 0 aliphatic rings. The Morgan fingerprint density at radius 2 is 1.79 bits per heavy atom. The molecule has 1 aromatic rings. The van der Waals surface area contributed by atoms with Gasteiger partial charge in [-0.15, -0.1) is 0 Å². The number of Topliss-reactive ketones (excluding diaryl/α,β-unsaturated/α-hetero) is 1. The van der Waals surface area contributed by atoms with E-state index in [9.17, 15) is 4.79 Å². The molecule has 0 bridgehead atoms. The summed E-state index contributed by atoms with van der Waals surface area (Å²) in [4.78, 5) is 11.7.